The van der Waals surface area contributed by atoms with Crippen molar-refractivity contribution in [2.24, 2.45) is 0 Å². The summed E-state index contributed by atoms with van der Waals surface area (Å²) in [7, 11) is 4.17. The van der Waals surface area contributed by atoms with Gasteiger partial charge in [0.1, 0.15) is 11.0 Å². The van der Waals surface area contributed by atoms with Gasteiger partial charge in [-0.1, -0.05) is 35.9 Å². The van der Waals surface area contributed by atoms with Crippen molar-refractivity contribution >= 4 is 28.9 Å². The van der Waals surface area contributed by atoms with Crippen LogP contribution < -0.4 is 0 Å². The Morgan fingerprint density at radius 3 is 2.36 bits per heavy atom. The molecule has 0 bridgehead atoms. The number of hydrogen-bond donors (Lipinski definition) is 0. The van der Waals surface area contributed by atoms with Crippen molar-refractivity contribution in [3.05, 3.63) is 56.7 Å². The molecular formula is C20H24ClNO2S. The first kappa shape index (κ1) is 18.4. The van der Waals surface area contributed by atoms with Crippen LogP contribution in [0.4, 0.5) is 0 Å². The van der Waals surface area contributed by atoms with E-state index in [4.69, 9.17) is 16.3 Å². The molecule has 0 spiro atoms. The predicted octanol–water partition coefficient (Wildman–Crippen LogP) is 5.35. The van der Waals surface area contributed by atoms with Crippen LogP contribution >= 0.6 is 22.9 Å². The molecule has 5 heteroatoms. The highest BCUT2D eigenvalue weighted by Gasteiger charge is 2.25. The number of carbonyl (C=O) groups is 1. The maximum atomic E-state index is 12.1. The van der Waals surface area contributed by atoms with Crippen molar-refractivity contribution in [3.8, 4) is 0 Å². The van der Waals surface area contributed by atoms with Crippen LogP contribution in [0.1, 0.15) is 52.4 Å². The van der Waals surface area contributed by atoms with Crippen LogP contribution in [0.5, 0.6) is 0 Å². The van der Waals surface area contributed by atoms with Gasteiger partial charge in [-0.25, -0.2) is 4.79 Å². The standard InChI is InChI=1S/C20H24ClNO2S/c1-22(2)13-14-3-5-15(6-4-14)16-7-9-17(10-8-16)24-20(23)18-11-12-19(21)25-18/h3-6,11-12,16-17H,7-10,13H2,1-2H3/t16-,17-. The summed E-state index contributed by atoms with van der Waals surface area (Å²) in [5.74, 6) is 0.327. The van der Waals surface area contributed by atoms with Crippen molar-refractivity contribution in [1.82, 2.24) is 4.90 Å². The molecule has 1 aromatic carbocycles. The molecule has 0 N–H and O–H groups in total. The molecule has 2 aromatic rings. The minimum absolute atomic E-state index is 0.0256. The van der Waals surface area contributed by atoms with Crippen LogP contribution in [-0.4, -0.2) is 31.1 Å². The summed E-state index contributed by atoms with van der Waals surface area (Å²) >= 11 is 7.16. The highest BCUT2D eigenvalue weighted by Crippen LogP contribution is 2.35. The molecule has 1 saturated carbocycles. The van der Waals surface area contributed by atoms with Crippen LogP contribution in [0, 0.1) is 0 Å². The molecule has 0 radical (unpaired) electrons. The molecule has 1 aliphatic rings. The molecule has 0 amide bonds. The number of ether oxygens (including phenoxy) is 1. The monoisotopic (exact) mass is 377 g/mol. The second-order valence-corrected chi connectivity index (χ2v) is 8.68. The Morgan fingerprint density at radius 2 is 1.80 bits per heavy atom. The van der Waals surface area contributed by atoms with Gasteiger partial charge in [0.05, 0.1) is 4.34 Å². The highest BCUT2D eigenvalue weighted by molar-refractivity contribution is 7.17. The topological polar surface area (TPSA) is 29.5 Å². The van der Waals surface area contributed by atoms with Crippen LogP contribution in [0.2, 0.25) is 4.34 Å². The van der Waals surface area contributed by atoms with Gasteiger partial charge in [-0.2, -0.15) is 0 Å². The molecule has 0 saturated heterocycles. The Kier molecular flexibility index (Phi) is 6.15. The van der Waals surface area contributed by atoms with Gasteiger partial charge >= 0.3 is 5.97 Å². The van der Waals surface area contributed by atoms with Crippen molar-refractivity contribution in [2.75, 3.05) is 14.1 Å². The second kappa shape index (κ2) is 8.35. The largest absolute Gasteiger partial charge is 0.458 e. The fourth-order valence-corrected chi connectivity index (χ4v) is 4.33. The molecule has 1 heterocycles. The Balaban J connectivity index is 1.50. The number of rotatable bonds is 5. The molecule has 25 heavy (non-hydrogen) atoms. The molecule has 0 unspecified atom stereocenters. The van der Waals surface area contributed by atoms with E-state index < -0.39 is 0 Å². The fraction of sp³-hybridized carbons (Fsp3) is 0.450. The fourth-order valence-electron chi connectivity index (χ4n) is 3.41. The number of esters is 1. The maximum Gasteiger partial charge on any atom is 0.348 e. The third-order valence-electron chi connectivity index (χ3n) is 4.67. The third kappa shape index (κ3) is 5.06. The maximum absolute atomic E-state index is 12.1. The van der Waals surface area contributed by atoms with E-state index in [1.54, 1.807) is 12.1 Å². The normalized spacial score (nSPS) is 20.6. The number of nitrogens with zero attached hydrogens (tertiary/aromatic N) is 1. The van der Waals surface area contributed by atoms with E-state index in [1.165, 1.54) is 22.5 Å². The van der Waals surface area contributed by atoms with E-state index in [1.807, 2.05) is 0 Å². The Labute approximate surface area is 158 Å². The van der Waals surface area contributed by atoms with Crippen LogP contribution in [0.25, 0.3) is 0 Å². The average molecular weight is 378 g/mol. The summed E-state index contributed by atoms with van der Waals surface area (Å²) in [6, 6.07) is 12.4. The Bertz CT molecular complexity index is 703. The lowest BCUT2D eigenvalue weighted by atomic mass is 9.82. The number of benzene rings is 1. The summed E-state index contributed by atoms with van der Waals surface area (Å²) in [5.41, 5.74) is 2.74. The molecule has 3 rings (SSSR count). The molecule has 1 aromatic heterocycles. The predicted molar refractivity (Wildman–Crippen MR) is 104 cm³/mol. The lowest BCUT2D eigenvalue weighted by Gasteiger charge is -2.28. The summed E-state index contributed by atoms with van der Waals surface area (Å²) in [4.78, 5) is 14.9. The minimum Gasteiger partial charge on any atom is -0.458 e. The van der Waals surface area contributed by atoms with Crippen molar-refractivity contribution in [1.29, 1.82) is 0 Å². The third-order valence-corrected chi connectivity index (χ3v) is 5.88. The lowest BCUT2D eigenvalue weighted by molar-refractivity contribution is 0.0201. The van der Waals surface area contributed by atoms with Gasteiger partial charge < -0.3 is 9.64 Å². The van der Waals surface area contributed by atoms with Gasteiger partial charge in [0, 0.05) is 6.54 Å². The first-order valence-electron chi connectivity index (χ1n) is 8.71. The first-order valence-corrected chi connectivity index (χ1v) is 9.90. The molecule has 1 fully saturated rings. The summed E-state index contributed by atoms with van der Waals surface area (Å²) in [5, 5.41) is 0. The zero-order valence-electron chi connectivity index (χ0n) is 14.7. The van der Waals surface area contributed by atoms with E-state index in [0.29, 0.717) is 15.1 Å². The van der Waals surface area contributed by atoms with Gasteiger partial charge in [-0.05, 0) is 69.0 Å². The highest BCUT2D eigenvalue weighted by atomic mass is 35.5. The zero-order valence-corrected chi connectivity index (χ0v) is 16.3. The molecular weight excluding hydrogens is 354 g/mol. The lowest BCUT2D eigenvalue weighted by Crippen LogP contribution is -2.23. The van der Waals surface area contributed by atoms with Crippen molar-refractivity contribution < 1.29 is 9.53 Å². The van der Waals surface area contributed by atoms with Crippen molar-refractivity contribution in [2.45, 2.75) is 44.2 Å². The molecule has 3 nitrogen and oxygen atoms in total. The number of halogens is 1. The van der Waals surface area contributed by atoms with Crippen molar-refractivity contribution in [3.63, 3.8) is 0 Å². The van der Waals surface area contributed by atoms with Crippen LogP contribution in [0.15, 0.2) is 36.4 Å². The first-order chi connectivity index (χ1) is 12.0. The van der Waals surface area contributed by atoms with Gasteiger partial charge in [0.15, 0.2) is 0 Å². The SMILES string of the molecule is CN(C)Cc1ccc([C@H]2CC[C@H](OC(=O)c3ccc(Cl)s3)CC2)cc1. The van der Waals surface area contributed by atoms with E-state index in [2.05, 4.69) is 43.3 Å². The van der Waals surface area contributed by atoms with E-state index in [0.717, 1.165) is 32.2 Å². The van der Waals surface area contributed by atoms with Crippen LogP contribution in [-0.2, 0) is 11.3 Å². The zero-order chi connectivity index (χ0) is 17.8. The Hall–Kier alpha value is -1.36. The number of carbonyl (C=O) groups excluding carboxylic acids is 1. The van der Waals surface area contributed by atoms with E-state index in [9.17, 15) is 4.79 Å². The van der Waals surface area contributed by atoms with Gasteiger partial charge in [0.2, 0.25) is 0 Å². The molecule has 0 aliphatic heterocycles. The molecule has 0 atom stereocenters. The quantitative estimate of drug-likeness (QED) is 0.658. The van der Waals surface area contributed by atoms with Gasteiger partial charge in [0.25, 0.3) is 0 Å². The Morgan fingerprint density at radius 1 is 1.12 bits per heavy atom. The summed E-state index contributed by atoms with van der Waals surface area (Å²) in [6.45, 7) is 0.968. The molecule has 134 valence electrons. The summed E-state index contributed by atoms with van der Waals surface area (Å²) in [6.07, 6.45) is 4.01. The van der Waals surface area contributed by atoms with Gasteiger partial charge in [-0.15, -0.1) is 11.3 Å². The molecule has 1 aliphatic carbocycles. The van der Waals surface area contributed by atoms with Gasteiger partial charge in [-0.3, -0.25) is 0 Å². The van der Waals surface area contributed by atoms with Crippen LogP contribution in [0.3, 0.4) is 0 Å². The smallest absolute Gasteiger partial charge is 0.348 e. The average Bonchev–Trinajstić information content (AvgIpc) is 3.02. The number of thiophene rings is 1. The minimum atomic E-state index is -0.242. The van der Waals surface area contributed by atoms with E-state index >= 15 is 0 Å². The number of hydrogen-bond acceptors (Lipinski definition) is 4. The second-order valence-electron chi connectivity index (χ2n) is 6.96. The summed E-state index contributed by atoms with van der Waals surface area (Å²) < 4.78 is 6.26. The van der Waals surface area contributed by atoms with E-state index in [-0.39, 0.29) is 12.1 Å².